The fraction of sp³-hybridized carbons (Fsp3) is 0.172. The topological polar surface area (TPSA) is 108 Å². The van der Waals surface area contributed by atoms with Crippen molar-refractivity contribution in [3.63, 3.8) is 0 Å². The molecule has 37 heavy (non-hydrogen) atoms. The Labute approximate surface area is 218 Å². The van der Waals surface area contributed by atoms with Crippen molar-refractivity contribution < 1.29 is 23.4 Å². The summed E-state index contributed by atoms with van der Waals surface area (Å²) in [6.07, 6.45) is 0. The lowest BCUT2D eigenvalue weighted by atomic mass is 9.83. The Kier molecular flexibility index (Phi) is 6.28. The van der Waals surface area contributed by atoms with E-state index in [1.54, 1.807) is 37.3 Å². The molecule has 0 amide bonds. The number of carbonyl (C=O) groups is 1. The van der Waals surface area contributed by atoms with Crippen molar-refractivity contribution in [2.24, 2.45) is 5.73 Å². The van der Waals surface area contributed by atoms with Gasteiger partial charge in [-0.2, -0.15) is 5.26 Å². The molecule has 8 heteroatoms. The molecule has 4 aromatic rings. The summed E-state index contributed by atoms with van der Waals surface area (Å²) >= 11 is 6.25. The number of nitriles is 1. The summed E-state index contributed by atoms with van der Waals surface area (Å²) in [5, 5.41) is 11.2. The van der Waals surface area contributed by atoms with Crippen LogP contribution in [0.2, 0.25) is 5.02 Å². The van der Waals surface area contributed by atoms with Gasteiger partial charge in [0.25, 0.3) is 0 Å². The minimum absolute atomic E-state index is 0.00864. The highest BCUT2D eigenvalue weighted by atomic mass is 35.5. The van der Waals surface area contributed by atoms with E-state index in [-0.39, 0.29) is 23.0 Å². The normalized spacial score (nSPS) is 14.6. The van der Waals surface area contributed by atoms with E-state index in [0.29, 0.717) is 39.8 Å². The van der Waals surface area contributed by atoms with E-state index in [1.165, 1.54) is 0 Å². The van der Waals surface area contributed by atoms with E-state index in [2.05, 4.69) is 6.07 Å². The number of hydrogen-bond donors (Lipinski definition) is 1. The summed E-state index contributed by atoms with van der Waals surface area (Å²) in [4.78, 5) is 13.0. The Hall–Kier alpha value is -4.41. The van der Waals surface area contributed by atoms with Crippen molar-refractivity contribution in [3.8, 4) is 23.3 Å². The maximum absolute atomic E-state index is 13.0. The smallest absolute Gasteiger partial charge is 0.379 e. The van der Waals surface area contributed by atoms with Crippen LogP contribution in [0.1, 0.15) is 45.7 Å². The number of nitrogens with two attached hydrogens (primary N) is 1. The summed E-state index contributed by atoms with van der Waals surface area (Å²) in [5.74, 6) is 0.278. The Morgan fingerprint density at radius 1 is 1.14 bits per heavy atom. The molecule has 3 aromatic carbocycles. The van der Waals surface area contributed by atoms with Crippen molar-refractivity contribution in [3.05, 3.63) is 99.1 Å². The van der Waals surface area contributed by atoms with Crippen molar-refractivity contribution in [1.29, 1.82) is 5.26 Å². The Morgan fingerprint density at radius 2 is 1.95 bits per heavy atom. The first-order chi connectivity index (χ1) is 17.8. The number of rotatable bonds is 5. The van der Waals surface area contributed by atoms with Gasteiger partial charge in [-0.1, -0.05) is 29.8 Å². The van der Waals surface area contributed by atoms with Gasteiger partial charge in [0, 0.05) is 27.6 Å². The lowest BCUT2D eigenvalue weighted by molar-refractivity contribution is 0.0702. The second kappa shape index (κ2) is 9.57. The number of aryl methyl sites for hydroxylation is 2. The van der Waals surface area contributed by atoms with Gasteiger partial charge in [0.15, 0.2) is 0 Å². The zero-order valence-corrected chi connectivity index (χ0v) is 21.2. The number of carbonyl (C=O) groups excluding carboxylic acids is 1. The number of ether oxygens (including phenoxy) is 3. The number of nitrogens with zero attached hydrogens (tertiary/aromatic N) is 1. The molecule has 1 aliphatic rings. The molecule has 0 radical (unpaired) electrons. The molecule has 2 N–H and O–H groups in total. The van der Waals surface area contributed by atoms with Crippen LogP contribution in [0.15, 0.2) is 70.5 Å². The highest BCUT2D eigenvalue weighted by Crippen LogP contribution is 2.44. The molecule has 0 bridgehead atoms. The molecular formula is C29H23ClN2O5. The van der Waals surface area contributed by atoms with Crippen LogP contribution < -0.4 is 19.9 Å². The third kappa shape index (κ3) is 4.37. The van der Waals surface area contributed by atoms with Crippen molar-refractivity contribution >= 4 is 28.5 Å². The molecule has 0 aliphatic carbocycles. The first-order valence-corrected chi connectivity index (χ1v) is 12.0. The zero-order chi connectivity index (χ0) is 26.3. The summed E-state index contributed by atoms with van der Waals surface area (Å²) in [7, 11) is 0. The van der Waals surface area contributed by atoms with E-state index >= 15 is 0 Å². The lowest BCUT2D eigenvalue weighted by Gasteiger charge is -2.27. The predicted molar refractivity (Wildman–Crippen MR) is 139 cm³/mol. The van der Waals surface area contributed by atoms with E-state index < -0.39 is 11.9 Å². The van der Waals surface area contributed by atoms with Crippen molar-refractivity contribution in [1.82, 2.24) is 0 Å². The van der Waals surface area contributed by atoms with E-state index in [4.69, 9.17) is 36.0 Å². The van der Waals surface area contributed by atoms with Crippen LogP contribution >= 0.6 is 11.6 Å². The van der Waals surface area contributed by atoms with Gasteiger partial charge >= 0.3 is 5.97 Å². The molecule has 1 aliphatic heterocycles. The molecule has 2 heterocycles. The number of hydrogen-bond acceptors (Lipinski definition) is 7. The standard InChI is InChI=1S/C29H23ClN2O5/c1-4-34-18-7-5-6-17(11-18)26-20-9-8-19(12-25(20)37-28(32)22(26)14-31)35-29(33)27-16(3)21-13-23(30)15(2)10-24(21)36-27/h5-13,26H,4,32H2,1-3H3. The molecule has 1 unspecified atom stereocenters. The molecule has 186 valence electrons. The number of halogens is 1. The van der Waals surface area contributed by atoms with E-state index in [0.717, 1.165) is 16.5 Å². The molecule has 0 fully saturated rings. The summed E-state index contributed by atoms with van der Waals surface area (Å²) in [5.41, 5.74) is 9.99. The van der Waals surface area contributed by atoms with Gasteiger partial charge in [-0.3, -0.25) is 0 Å². The Morgan fingerprint density at radius 3 is 2.70 bits per heavy atom. The SMILES string of the molecule is CCOc1cccc(C2C(C#N)=C(N)Oc3cc(OC(=O)c4oc5cc(C)c(Cl)cc5c4C)ccc32)c1. The van der Waals surface area contributed by atoms with Gasteiger partial charge in [-0.05, 0) is 62.2 Å². The summed E-state index contributed by atoms with van der Waals surface area (Å²) in [6.45, 7) is 6.06. The molecule has 0 saturated carbocycles. The Balaban J connectivity index is 1.48. The van der Waals surface area contributed by atoms with Gasteiger partial charge in [-0.25, -0.2) is 4.79 Å². The average molecular weight is 515 g/mol. The van der Waals surface area contributed by atoms with E-state index in [1.807, 2.05) is 38.1 Å². The molecule has 7 nitrogen and oxygen atoms in total. The van der Waals surface area contributed by atoms with Crippen LogP contribution in [0.25, 0.3) is 11.0 Å². The first-order valence-electron chi connectivity index (χ1n) is 11.7. The largest absolute Gasteiger partial charge is 0.494 e. The third-order valence-corrected chi connectivity index (χ3v) is 6.71. The van der Waals surface area contributed by atoms with Crippen LogP contribution in [0, 0.1) is 25.2 Å². The van der Waals surface area contributed by atoms with E-state index in [9.17, 15) is 10.1 Å². The molecule has 0 saturated heterocycles. The van der Waals surface area contributed by atoms with Gasteiger partial charge in [0.2, 0.25) is 11.6 Å². The minimum atomic E-state index is -0.652. The van der Waals surface area contributed by atoms with Crippen molar-refractivity contribution in [2.45, 2.75) is 26.7 Å². The average Bonchev–Trinajstić information content (AvgIpc) is 3.19. The third-order valence-electron chi connectivity index (χ3n) is 6.31. The molecule has 0 spiro atoms. The van der Waals surface area contributed by atoms with Crippen LogP contribution in [-0.4, -0.2) is 12.6 Å². The van der Waals surface area contributed by atoms with Crippen LogP contribution in [0.3, 0.4) is 0 Å². The second-order valence-electron chi connectivity index (χ2n) is 8.67. The quantitative estimate of drug-likeness (QED) is 0.238. The highest BCUT2D eigenvalue weighted by molar-refractivity contribution is 6.32. The Bertz CT molecular complexity index is 1630. The minimum Gasteiger partial charge on any atom is -0.494 e. The fourth-order valence-electron chi connectivity index (χ4n) is 4.48. The molecule has 1 atom stereocenters. The number of esters is 1. The second-order valence-corrected chi connectivity index (χ2v) is 9.08. The first kappa shape index (κ1) is 24.3. The number of benzene rings is 3. The number of furan rings is 1. The zero-order valence-electron chi connectivity index (χ0n) is 20.4. The van der Waals surface area contributed by atoms with Gasteiger partial charge < -0.3 is 24.4 Å². The maximum Gasteiger partial charge on any atom is 0.379 e. The van der Waals surface area contributed by atoms with Gasteiger partial charge in [0.1, 0.15) is 34.5 Å². The fourth-order valence-corrected chi connectivity index (χ4v) is 4.65. The number of fused-ring (bicyclic) bond motifs is 2. The van der Waals surface area contributed by atoms with Crippen LogP contribution in [0.5, 0.6) is 17.2 Å². The molecular weight excluding hydrogens is 492 g/mol. The summed E-state index contributed by atoms with van der Waals surface area (Å²) in [6, 6.07) is 18.2. The highest BCUT2D eigenvalue weighted by Gasteiger charge is 2.31. The van der Waals surface area contributed by atoms with Crippen molar-refractivity contribution in [2.75, 3.05) is 6.61 Å². The lowest BCUT2D eigenvalue weighted by Crippen LogP contribution is -2.21. The van der Waals surface area contributed by atoms with Gasteiger partial charge in [0.05, 0.1) is 12.5 Å². The maximum atomic E-state index is 13.0. The van der Waals surface area contributed by atoms with Crippen LogP contribution in [-0.2, 0) is 0 Å². The van der Waals surface area contributed by atoms with Crippen LogP contribution in [0.4, 0.5) is 0 Å². The predicted octanol–water partition coefficient (Wildman–Crippen LogP) is 6.54. The van der Waals surface area contributed by atoms with Gasteiger partial charge in [-0.15, -0.1) is 0 Å². The molecule has 1 aromatic heterocycles. The summed E-state index contributed by atoms with van der Waals surface area (Å²) < 4.78 is 22.8. The molecule has 5 rings (SSSR count). The number of allylic oxidation sites excluding steroid dienone is 1. The monoisotopic (exact) mass is 514 g/mol.